The van der Waals surface area contributed by atoms with Crippen LogP contribution in [0.25, 0.3) is 64.4 Å². The predicted molar refractivity (Wildman–Crippen MR) is 222 cm³/mol. The van der Waals surface area contributed by atoms with E-state index in [4.69, 9.17) is 4.42 Å². The number of furan rings is 1. The lowest BCUT2D eigenvalue weighted by atomic mass is 9.77. The molecule has 10 rings (SSSR count). The molecular weight excluding hydrogens is 651 g/mol. The lowest BCUT2D eigenvalue weighted by Crippen LogP contribution is -2.19. The van der Waals surface area contributed by atoms with Crippen molar-refractivity contribution >= 4 is 70.5 Å². The molecule has 2 aromatic heterocycles. The quantitative estimate of drug-likeness (QED) is 0.173. The highest BCUT2D eigenvalue weighted by Crippen LogP contribution is 2.41. The lowest BCUT2D eigenvalue weighted by molar-refractivity contribution is 0.600. The van der Waals surface area contributed by atoms with Gasteiger partial charge >= 0.3 is 0 Å². The maximum Gasteiger partial charge on any atom is 0.135 e. The van der Waals surface area contributed by atoms with Crippen LogP contribution < -0.4 is 4.90 Å². The van der Waals surface area contributed by atoms with Crippen molar-refractivity contribution in [2.45, 2.75) is 18.8 Å². The Morgan fingerprint density at radius 2 is 1.06 bits per heavy atom. The predicted octanol–water partition coefficient (Wildman–Crippen LogP) is 14.5. The summed E-state index contributed by atoms with van der Waals surface area (Å²) >= 11 is 1.86. The van der Waals surface area contributed by atoms with Gasteiger partial charge in [-0.2, -0.15) is 0 Å². The van der Waals surface area contributed by atoms with Crippen LogP contribution in [-0.4, -0.2) is 0 Å². The van der Waals surface area contributed by atoms with Crippen molar-refractivity contribution in [3.05, 3.63) is 188 Å². The number of rotatable bonds is 6. The zero-order chi connectivity index (χ0) is 34.6. The first-order valence-electron chi connectivity index (χ1n) is 17.9. The second-order valence-electron chi connectivity index (χ2n) is 14.0. The summed E-state index contributed by atoms with van der Waals surface area (Å²) in [4.78, 5) is 2.36. The summed E-state index contributed by atoms with van der Waals surface area (Å²) in [6.45, 7) is 2.32. The van der Waals surface area contributed by atoms with E-state index in [1.165, 1.54) is 48.0 Å². The first-order chi connectivity index (χ1) is 25.6. The van der Waals surface area contributed by atoms with E-state index in [1.54, 1.807) is 0 Å². The van der Waals surface area contributed by atoms with Gasteiger partial charge in [-0.25, -0.2) is 0 Å². The fourth-order valence-electron chi connectivity index (χ4n) is 7.80. The Morgan fingerprint density at radius 1 is 0.500 bits per heavy atom. The highest BCUT2D eigenvalue weighted by atomic mass is 32.1. The van der Waals surface area contributed by atoms with Gasteiger partial charge in [0.05, 0.1) is 0 Å². The van der Waals surface area contributed by atoms with Crippen LogP contribution in [0.3, 0.4) is 0 Å². The molecule has 248 valence electrons. The van der Waals surface area contributed by atoms with E-state index in [0.29, 0.717) is 0 Å². The second-order valence-corrected chi connectivity index (χ2v) is 15.1. The Morgan fingerprint density at radius 3 is 1.75 bits per heavy atom. The van der Waals surface area contributed by atoms with Crippen LogP contribution in [0.1, 0.15) is 18.9 Å². The van der Waals surface area contributed by atoms with Gasteiger partial charge in [-0.3, -0.25) is 0 Å². The molecule has 1 aliphatic rings. The average molecular weight is 686 g/mol. The first-order valence-corrected chi connectivity index (χ1v) is 18.7. The number of hydrogen-bond acceptors (Lipinski definition) is 3. The van der Waals surface area contributed by atoms with Crippen molar-refractivity contribution in [1.82, 2.24) is 0 Å². The topological polar surface area (TPSA) is 16.4 Å². The molecule has 2 nitrogen and oxygen atoms in total. The molecule has 0 bridgehead atoms. The third-order valence-electron chi connectivity index (χ3n) is 10.7. The van der Waals surface area contributed by atoms with Gasteiger partial charge in [-0.1, -0.05) is 116 Å². The Kier molecular flexibility index (Phi) is 7.23. The van der Waals surface area contributed by atoms with Gasteiger partial charge in [-0.05, 0) is 107 Å². The molecular formula is C49H35NOS. The number of fused-ring (bicyclic) bond motifs is 6. The molecule has 0 N–H and O–H groups in total. The number of anilines is 3. The average Bonchev–Trinajstić information content (AvgIpc) is 3.77. The van der Waals surface area contributed by atoms with Gasteiger partial charge in [0.2, 0.25) is 0 Å². The molecule has 0 aliphatic heterocycles. The number of nitrogens with zero attached hydrogens (tertiary/aromatic N) is 1. The van der Waals surface area contributed by atoms with E-state index in [1.807, 2.05) is 23.5 Å². The minimum atomic E-state index is -0.00228. The number of hydrogen-bond donors (Lipinski definition) is 0. The monoisotopic (exact) mass is 685 g/mol. The summed E-state index contributed by atoms with van der Waals surface area (Å²) in [6.07, 6.45) is 9.88. The summed E-state index contributed by atoms with van der Waals surface area (Å²) in [5, 5.41) is 4.93. The molecule has 0 spiro atoms. The molecule has 1 aliphatic carbocycles. The van der Waals surface area contributed by atoms with E-state index >= 15 is 0 Å². The van der Waals surface area contributed by atoms with Gasteiger partial charge in [0.25, 0.3) is 0 Å². The smallest absolute Gasteiger partial charge is 0.135 e. The Balaban J connectivity index is 1.02. The van der Waals surface area contributed by atoms with Crippen molar-refractivity contribution in [2.24, 2.45) is 0 Å². The number of benzene rings is 7. The minimum Gasteiger partial charge on any atom is -0.456 e. The maximum absolute atomic E-state index is 6.10. The highest BCUT2D eigenvalue weighted by molar-refractivity contribution is 7.25. The molecule has 0 saturated carbocycles. The van der Waals surface area contributed by atoms with Crippen LogP contribution in [0, 0.1) is 0 Å². The molecule has 7 aromatic carbocycles. The van der Waals surface area contributed by atoms with Gasteiger partial charge in [0, 0.05) is 53.4 Å². The Labute approximate surface area is 307 Å². The minimum absolute atomic E-state index is 0.00228. The molecule has 0 fully saturated rings. The van der Waals surface area contributed by atoms with Gasteiger partial charge in [0.15, 0.2) is 0 Å². The zero-order valence-corrected chi connectivity index (χ0v) is 29.6. The highest BCUT2D eigenvalue weighted by Gasteiger charge is 2.24. The fourth-order valence-corrected chi connectivity index (χ4v) is 8.88. The fraction of sp³-hybridized carbons (Fsp3) is 0.0612. The largest absolute Gasteiger partial charge is 0.456 e. The number of allylic oxidation sites excluding steroid dienone is 4. The van der Waals surface area contributed by atoms with Crippen LogP contribution in [0.15, 0.2) is 186 Å². The lowest BCUT2D eigenvalue weighted by Gasteiger charge is -2.29. The van der Waals surface area contributed by atoms with Crippen molar-refractivity contribution in [3.8, 4) is 22.3 Å². The molecule has 0 saturated heterocycles. The van der Waals surface area contributed by atoms with Crippen molar-refractivity contribution in [3.63, 3.8) is 0 Å². The first kappa shape index (κ1) is 30.6. The third kappa shape index (κ3) is 5.25. The van der Waals surface area contributed by atoms with Crippen LogP contribution >= 0.6 is 11.3 Å². The molecule has 1 atom stereocenters. The summed E-state index contributed by atoms with van der Waals surface area (Å²) in [7, 11) is 0. The third-order valence-corrected chi connectivity index (χ3v) is 11.9. The van der Waals surface area contributed by atoms with Gasteiger partial charge in [-0.15, -0.1) is 11.3 Å². The van der Waals surface area contributed by atoms with E-state index in [9.17, 15) is 0 Å². The van der Waals surface area contributed by atoms with E-state index in [-0.39, 0.29) is 5.41 Å². The van der Waals surface area contributed by atoms with Crippen LogP contribution in [-0.2, 0) is 5.41 Å². The van der Waals surface area contributed by atoms with E-state index < -0.39 is 0 Å². The summed E-state index contributed by atoms with van der Waals surface area (Å²) in [5.74, 6) is 0. The molecule has 2 heterocycles. The zero-order valence-electron chi connectivity index (χ0n) is 28.8. The van der Waals surface area contributed by atoms with Gasteiger partial charge in [0.1, 0.15) is 11.2 Å². The standard InChI is InChI=1S/C49H35NOS/c1-49(29-7-2-8-30-49)37-19-25-40(26-20-37)50(38-21-13-33(14-22-38)35-17-27-46-43(31-35)41-9-3-5-11-45(41)51-46)39-23-15-34(16-24-39)36-18-28-48-44(32-36)42-10-4-6-12-47(42)52-48/h2-29,31-32H,30H2,1H3. The van der Waals surface area contributed by atoms with Crippen LogP contribution in [0.4, 0.5) is 17.1 Å². The SMILES string of the molecule is CC1(c2ccc(N(c3ccc(-c4ccc5oc6ccccc6c5c4)cc3)c3ccc(-c4ccc5sc6ccccc6c5c4)cc3)cc2)C=CC=CC1. The molecule has 3 heteroatoms. The summed E-state index contributed by atoms with van der Waals surface area (Å²) in [5.41, 5.74) is 11.3. The molecule has 52 heavy (non-hydrogen) atoms. The Hall–Kier alpha value is -6.16. The van der Waals surface area contributed by atoms with Crippen molar-refractivity contribution in [2.75, 3.05) is 4.90 Å². The molecule has 0 amide bonds. The maximum atomic E-state index is 6.10. The normalized spacial score (nSPS) is 15.6. The van der Waals surface area contributed by atoms with Crippen molar-refractivity contribution < 1.29 is 4.42 Å². The molecule has 0 radical (unpaired) electrons. The van der Waals surface area contributed by atoms with Crippen LogP contribution in [0.5, 0.6) is 0 Å². The van der Waals surface area contributed by atoms with E-state index in [2.05, 4.69) is 182 Å². The molecule has 1 unspecified atom stereocenters. The number of thiophene rings is 1. The van der Waals surface area contributed by atoms with Crippen molar-refractivity contribution in [1.29, 1.82) is 0 Å². The second kappa shape index (κ2) is 12.3. The molecule has 9 aromatic rings. The Bertz CT molecular complexity index is 2660. The van der Waals surface area contributed by atoms with Gasteiger partial charge < -0.3 is 9.32 Å². The van der Waals surface area contributed by atoms with Crippen LogP contribution in [0.2, 0.25) is 0 Å². The van der Waals surface area contributed by atoms with E-state index in [0.717, 1.165) is 45.4 Å². The summed E-state index contributed by atoms with van der Waals surface area (Å²) < 4.78 is 8.76. The summed E-state index contributed by atoms with van der Waals surface area (Å²) in [6, 6.07) is 57.4. The number of para-hydroxylation sites is 1.